The second-order valence-electron chi connectivity index (χ2n) is 5.77. The van der Waals surface area contributed by atoms with Crippen LogP contribution in [0, 0.1) is 11.3 Å². The lowest BCUT2D eigenvalue weighted by molar-refractivity contribution is -0.117. The molecule has 2 rings (SSSR count). The maximum atomic E-state index is 12.2. The van der Waals surface area contributed by atoms with Crippen molar-refractivity contribution in [3.05, 3.63) is 59.7 Å². The second kappa shape index (κ2) is 8.58. The van der Waals surface area contributed by atoms with E-state index in [2.05, 4.69) is 5.32 Å². The van der Waals surface area contributed by atoms with Crippen molar-refractivity contribution >= 4 is 29.0 Å². The van der Waals surface area contributed by atoms with E-state index < -0.39 is 0 Å². The number of anilines is 2. The molecule has 2 aromatic rings. The summed E-state index contributed by atoms with van der Waals surface area (Å²) in [4.78, 5) is 37.0. The Balaban J connectivity index is 2.04. The monoisotopic (exact) mass is 349 g/mol. The molecule has 0 bridgehead atoms. The number of benzene rings is 2. The highest BCUT2D eigenvalue weighted by atomic mass is 16.2. The number of carbonyl (C=O) groups excluding carboxylic acids is 3. The summed E-state index contributed by atoms with van der Waals surface area (Å²) in [5, 5.41) is 11.7. The third kappa shape index (κ3) is 5.02. The molecule has 0 spiro atoms. The lowest BCUT2D eigenvalue weighted by atomic mass is 10.1. The summed E-state index contributed by atoms with van der Waals surface area (Å²) in [5.41, 5.74) is 2.06. The van der Waals surface area contributed by atoms with Gasteiger partial charge in [-0.05, 0) is 37.3 Å². The third-order valence-electron chi connectivity index (χ3n) is 3.78. The highest BCUT2D eigenvalue weighted by molar-refractivity contribution is 5.98. The normalized spacial score (nSPS) is 9.88. The first-order valence-electron chi connectivity index (χ1n) is 8.10. The first-order chi connectivity index (χ1) is 12.4. The number of nitrogens with one attached hydrogen (secondary N) is 1. The van der Waals surface area contributed by atoms with E-state index in [-0.39, 0.29) is 30.6 Å². The van der Waals surface area contributed by atoms with Crippen molar-refractivity contribution in [2.75, 3.05) is 16.8 Å². The van der Waals surface area contributed by atoms with E-state index in [0.717, 1.165) is 0 Å². The lowest BCUT2D eigenvalue weighted by Gasteiger charge is -2.21. The topological polar surface area (TPSA) is 90.3 Å². The van der Waals surface area contributed by atoms with Crippen molar-refractivity contribution in [1.29, 1.82) is 5.26 Å². The van der Waals surface area contributed by atoms with Crippen LogP contribution < -0.4 is 10.2 Å². The fraction of sp³-hybridized carbons (Fsp3) is 0.200. The molecule has 2 aromatic carbocycles. The molecule has 0 heterocycles. The van der Waals surface area contributed by atoms with Gasteiger partial charge in [0.05, 0.1) is 11.6 Å². The van der Waals surface area contributed by atoms with Crippen LogP contribution in [0.4, 0.5) is 11.4 Å². The first-order valence-corrected chi connectivity index (χ1v) is 8.10. The van der Waals surface area contributed by atoms with Crippen LogP contribution in [0.3, 0.4) is 0 Å². The van der Waals surface area contributed by atoms with Crippen LogP contribution in [0.5, 0.6) is 0 Å². The van der Waals surface area contributed by atoms with Gasteiger partial charge in [-0.15, -0.1) is 0 Å². The van der Waals surface area contributed by atoms with E-state index in [0.29, 0.717) is 22.5 Å². The van der Waals surface area contributed by atoms with Crippen molar-refractivity contribution in [3.63, 3.8) is 0 Å². The number of Topliss-reactive ketones (excluding diaryl/α,β-unsaturated/α-hetero) is 1. The van der Waals surface area contributed by atoms with E-state index in [1.165, 1.54) is 18.7 Å². The minimum Gasteiger partial charge on any atom is -0.326 e. The van der Waals surface area contributed by atoms with Crippen LogP contribution in [0.15, 0.2) is 48.5 Å². The molecule has 6 heteroatoms. The van der Waals surface area contributed by atoms with E-state index in [4.69, 9.17) is 5.26 Å². The van der Waals surface area contributed by atoms with Crippen LogP contribution in [0.1, 0.15) is 36.2 Å². The summed E-state index contributed by atoms with van der Waals surface area (Å²) in [5.74, 6) is -0.568. The molecule has 0 aliphatic carbocycles. The number of hydrogen-bond donors (Lipinski definition) is 1. The van der Waals surface area contributed by atoms with E-state index in [9.17, 15) is 14.4 Å². The summed E-state index contributed by atoms with van der Waals surface area (Å²) in [6.07, 6.45) is 0.0840. The van der Waals surface area contributed by atoms with E-state index in [1.807, 2.05) is 6.07 Å². The smallest absolute Gasteiger partial charge is 0.226 e. The zero-order chi connectivity index (χ0) is 19.1. The van der Waals surface area contributed by atoms with Gasteiger partial charge in [0.15, 0.2) is 5.78 Å². The van der Waals surface area contributed by atoms with E-state index >= 15 is 0 Å². The van der Waals surface area contributed by atoms with Crippen LogP contribution in [0.2, 0.25) is 0 Å². The molecule has 0 saturated carbocycles. The first kappa shape index (κ1) is 18.9. The Hall–Kier alpha value is -3.46. The van der Waals surface area contributed by atoms with Crippen molar-refractivity contribution in [2.45, 2.75) is 20.3 Å². The molecule has 0 unspecified atom stereocenters. The molecular weight excluding hydrogens is 330 g/mol. The Bertz CT molecular complexity index is 884. The number of rotatable bonds is 6. The molecule has 6 nitrogen and oxygen atoms in total. The minimum absolute atomic E-state index is 0.0822. The Labute approximate surface area is 152 Å². The average molecular weight is 349 g/mol. The summed E-state index contributed by atoms with van der Waals surface area (Å²) >= 11 is 0. The van der Waals surface area contributed by atoms with Crippen molar-refractivity contribution in [1.82, 2.24) is 0 Å². The van der Waals surface area contributed by atoms with Crippen molar-refractivity contribution < 1.29 is 14.4 Å². The van der Waals surface area contributed by atoms with Crippen molar-refractivity contribution in [3.8, 4) is 6.07 Å². The van der Waals surface area contributed by atoms with Crippen LogP contribution in [0.25, 0.3) is 0 Å². The number of hydrogen-bond acceptors (Lipinski definition) is 4. The highest BCUT2D eigenvalue weighted by Crippen LogP contribution is 2.17. The molecule has 26 heavy (non-hydrogen) atoms. The Morgan fingerprint density at radius 1 is 1.08 bits per heavy atom. The molecule has 0 saturated heterocycles. The van der Waals surface area contributed by atoms with Gasteiger partial charge in [0.1, 0.15) is 0 Å². The Kier molecular flexibility index (Phi) is 6.23. The molecule has 0 atom stereocenters. The number of nitriles is 1. The lowest BCUT2D eigenvalue weighted by Crippen LogP contribution is -2.32. The fourth-order valence-electron chi connectivity index (χ4n) is 2.46. The summed E-state index contributed by atoms with van der Waals surface area (Å²) in [6, 6.07) is 15.4. The van der Waals surface area contributed by atoms with E-state index in [1.54, 1.807) is 48.5 Å². The van der Waals surface area contributed by atoms with Gasteiger partial charge in [-0.3, -0.25) is 14.4 Å². The molecule has 0 aliphatic rings. The maximum absolute atomic E-state index is 12.2. The Morgan fingerprint density at radius 3 is 2.46 bits per heavy atom. The average Bonchev–Trinajstić information content (AvgIpc) is 2.62. The molecule has 0 radical (unpaired) electrons. The van der Waals surface area contributed by atoms with Crippen LogP contribution in [-0.4, -0.2) is 24.1 Å². The van der Waals surface area contributed by atoms with Gasteiger partial charge in [0.2, 0.25) is 11.8 Å². The van der Waals surface area contributed by atoms with Gasteiger partial charge in [-0.2, -0.15) is 5.26 Å². The predicted molar refractivity (Wildman–Crippen MR) is 98.9 cm³/mol. The molecule has 132 valence electrons. The largest absolute Gasteiger partial charge is 0.326 e. The molecule has 0 aromatic heterocycles. The van der Waals surface area contributed by atoms with Crippen molar-refractivity contribution in [2.24, 2.45) is 0 Å². The van der Waals surface area contributed by atoms with Gasteiger partial charge in [-0.1, -0.05) is 18.2 Å². The molecule has 0 aliphatic heterocycles. The third-order valence-corrected chi connectivity index (χ3v) is 3.78. The van der Waals surface area contributed by atoms with Gasteiger partial charge < -0.3 is 10.2 Å². The van der Waals surface area contributed by atoms with Crippen LogP contribution in [-0.2, 0) is 9.59 Å². The minimum atomic E-state index is -0.270. The number of carbonyl (C=O) groups is 3. The van der Waals surface area contributed by atoms with Gasteiger partial charge >= 0.3 is 0 Å². The summed E-state index contributed by atoms with van der Waals surface area (Å²) in [7, 11) is 0. The predicted octanol–water partition coefficient (Wildman–Crippen LogP) is 3.14. The number of nitrogens with zero attached hydrogens (tertiary/aromatic N) is 2. The zero-order valence-electron chi connectivity index (χ0n) is 14.7. The zero-order valence-corrected chi connectivity index (χ0v) is 14.7. The SMILES string of the molecule is CC(=O)c1cccc(NC(=O)CCN(C(C)=O)c2cccc(C#N)c2)c1. The molecule has 1 N–H and O–H groups in total. The summed E-state index contributed by atoms with van der Waals surface area (Å²) < 4.78 is 0. The quantitative estimate of drug-likeness (QED) is 0.811. The molecule has 0 fully saturated rings. The standard InChI is InChI=1S/C20H19N3O3/c1-14(24)17-6-4-7-18(12-17)22-20(26)9-10-23(15(2)25)19-8-3-5-16(11-19)13-21/h3-8,11-12H,9-10H2,1-2H3,(H,22,26). The molecular formula is C20H19N3O3. The van der Waals surface area contributed by atoms with Gasteiger partial charge in [0, 0.05) is 36.8 Å². The van der Waals surface area contributed by atoms with Crippen LogP contribution >= 0.6 is 0 Å². The second-order valence-corrected chi connectivity index (χ2v) is 5.77. The fourth-order valence-corrected chi connectivity index (χ4v) is 2.46. The van der Waals surface area contributed by atoms with Gasteiger partial charge in [-0.25, -0.2) is 0 Å². The number of amides is 2. The summed E-state index contributed by atoms with van der Waals surface area (Å²) in [6.45, 7) is 3.05. The molecule has 2 amide bonds. The maximum Gasteiger partial charge on any atom is 0.226 e. The highest BCUT2D eigenvalue weighted by Gasteiger charge is 2.14. The number of ketones is 1. The van der Waals surface area contributed by atoms with Gasteiger partial charge in [0.25, 0.3) is 0 Å². The Morgan fingerprint density at radius 2 is 1.81 bits per heavy atom.